The van der Waals surface area contributed by atoms with Crippen LogP contribution in [0.1, 0.15) is 61.1 Å². The Morgan fingerprint density at radius 1 is 1.19 bits per heavy atom. The van der Waals surface area contributed by atoms with E-state index in [1.165, 1.54) is 5.56 Å². The van der Waals surface area contributed by atoms with E-state index in [-0.39, 0.29) is 17.9 Å². The fourth-order valence-corrected chi connectivity index (χ4v) is 3.84. The number of aryl methyl sites for hydroxylation is 1. The van der Waals surface area contributed by atoms with Gasteiger partial charge in [0.05, 0.1) is 6.04 Å². The lowest BCUT2D eigenvalue weighted by atomic mass is 10.0. The first kappa shape index (κ1) is 15.5. The Morgan fingerprint density at radius 3 is 2.85 bits per heavy atom. The van der Waals surface area contributed by atoms with Crippen molar-refractivity contribution in [3.8, 4) is 11.4 Å². The molecule has 2 N–H and O–H groups in total. The van der Waals surface area contributed by atoms with Crippen molar-refractivity contribution < 1.29 is 14.1 Å². The van der Waals surface area contributed by atoms with Gasteiger partial charge in [-0.15, -0.1) is 0 Å². The fourth-order valence-electron chi connectivity index (χ4n) is 3.84. The van der Waals surface area contributed by atoms with Crippen molar-refractivity contribution >= 4 is 11.8 Å². The highest BCUT2D eigenvalue weighted by molar-refractivity contribution is 5.91. The van der Waals surface area contributed by atoms with Crippen LogP contribution in [0.5, 0.6) is 0 Å². The highest BCUT2D eigenvalue weighted by Crippen LogP contribution is 2.40. The van der Waals surface area contributed by atoms with Crippen LogP contribution in [0.25, 0.3) is 11.4 Å². The molecule has 0 unspecified atom stereocenters. The molecule has 2 amide bonds. The predicted molar refractivity (Wildman–Crippen MR) is 92.1 cm³/mol. The fraction of sp³-hybridized carbons (Fsp3) is 0.474. The molecule has 1 saturated heterocycles. The number of hydrogen-bond acceptors (Lipinski definition) is 5. The first-order valence-electron chi connectivity index (χ1n) is 9.24. The van der Waals surface area contributed by atoms with Crippen LogP contribution in [0.2, 0.25) is 0 Å². The zero-order chi connectivity index (χ0) is 17.7. The number of amides is 2. The molecule has 134 valence electrons. The van der Waals surface area contributed by atoms with E-state index in [4.69, 9.17) is 4.52 Å². The van der Waals surface area contributed by atoms with E-state index >= 15 is 0 Å². The minimum absolute atomic E-state index is 0.00338. The molecule has 0 spiro atoms. The molecular weight excluding hydrogens is 332 g/mol. The second-order valence-corrected chi connectivity index (χ2v) is 7.40. The maximum Gasteiger partial charge on any atom is 0.243 e. The van der Waals surface area contributed by atoms with Crippen LogP contribution < -0.4 is 10.6 Å². The molecule has 2 heterocycles. The Bertz CT molecular complexity index is 887. The number of fused-ring (bicyclic) bond motifs is 1. The number of benzene rings is 1. The Hall–Kier alpha value is -2.70. The second kappa shape index (κ2) is 5.93. The van der Waals surface area contributed by atoms with Crippen LogP contribution in [-0.2, 0) is 16.0 Å². The van der Waals surface area contributed by atoms with Gasteiger partial charge >= 0.3 is 0 Å². The molecule has 2 atom stereocenters. The van der Waals surface area contributed by atoms with E-state index in [9.17, 15) is 9.59 Å². The number of rotatable bonds is 4. The average Bonchev–Trinajstić information content (AvgIpc) is 3.06. The molecule has 2 fully saturated rings. The smallest absolute Gasteiger partial charge is 0.243 e. The molecule has 0 radical (unpaired) electrons. The Kier molecular flexibility index (Phi) is 3.55. The van der Waals surface area contributed by atoms with Crippen molar-refractivity contribution in [1.29, 1.82) is 0 Å². The summed E-state index contributed by atoms with van der Waals surface area (Å²) in [7, 11) is 0. The van der Waals surface area contributed by atoms with Gasteiger partial charge in [0, 0.05) is 17.9 Å². The van der Waals surface area contributed by atoms with Crippen LogP contribution in [0, 0.1) is 0 Å². The zero-order valence-corrected chi connectivity index (χ0v) is 14.3. The van der Waals surface area contributed by atoms with Gasteiger partial charge in [0.1, 0.15) is 6.04 Å². The lowest BCUT2D eigenvalue weighted by Gasteiger charge is -2.17. The Labute approximate surface area is 150 Å². The van der Waals surface area contributed by atoms with Crippen LogP contribution in [0.15, 0.2) is 22.7 Å². The number of carbonyl (C=O) groups is 2. The van der Waals surface area contributed by atoms with Crippen molar-refractivity contribution in [2.75, 3.05) is 0 Å². The average molecular weight is 352 g/mol. The van der Waals surface area contributed by atoms with Crippen molar-refractivity contribution in [2.24, 2.45) is 0 Å². The monoisotopic (exact) mass is 352 g/mol. The van der Waals surface area contributed by atoms with Gasteiger partial charge in [0.25, 0.3) is 0 Å². The Balaban J connectivity index is 1.31. The van der Waals surface area contributed by atoms with Crippen LogP contribution in [0.3, 0.4) is 0 Å². The largest absolute Gasteiger partial charge is 0.347 e. The summed E-state index contributed by atoms with van der Waals surface area (Å²) in [5.41, 5.74) is 3.30. The Morgan fingerprint density at radius 2 is 2.08 bits per heavy atom. The van der Waals surface area contributed by atoms with Crippen molar-refractivity contribution in [2.45, 2.75) is 56.5 Å². The number of hydrogen-bond donors (Lipinski definition) is 2. The highest BCUT2D eigenvalue weighted by atomic mass is 16.5. The number of aromatic nitrogens is 2. The molecule has 1 saturated carbocycles. The summed E-state index contributed by atoms with van der Waals surface area (Å²) in [6, 6.07) is 5.73. The highest BCUT2D eigenvalue weighted by Gasteiger charge is 2.32. The van der Waals surface area contributed by atoms with E-state index in [2.05, 4.69) is 26.8 Å². The summed E-state index contributed by atoms with van der Waals surface area (Å²) >= 11 is 0. The van der Waals surface area contributed by atoms with E-state index in [0.717, 1.165) is 42.7 Å². The minimum Gasteiger partial charge on any atom is -0.347 e. The number of nitrogens with zero attached hydrogens (tertiary/aromatic N) is 2. The predicted octanol–water partition coefficient (Wildman–Crippen LogP) is 2.00. The summed E-state index contributed by atoms with van der Waals surface area (Å²) in [5, 5.41) is 9.91. The van der Waals surface area contributed by atoms with E-state index in [1.54, 1.807) is 0 Å². The summed E-state index contributed by atoms with van der Waals surface area (Å²) in [4.78, 5) is 28.2. The molecule has 1 aliphatic heterocycles. The van der Waals surface area contributed by atoms with Crippen molar-refractivity contribution in [1.82, 2.24) is 20.8 Å². The van der Waals surface area contributed by atoms with Gasteiger partial charge < -0.3 is 15.2 Å². The SMILES string of the molecule is O=C1CC[C@H](C(=O)N[C@@H]2CCc3cc(-c4noc(C5CC5)n4)ccc32)N1. The molecular formula is C19H20N4O3. The second-order valence-electron chi connectivity index (χ2n) is 7.40. The van der Waals surface area contributed by atoms with Gasteiger partial charge in [-0.25, -0.2) is 0 Å². The van der Waals surface area contributed by atoms with Crippen LogP contribution in [-0.4, -0.2) is 28.0 Å². The van der Waals surface area contributed by atoms with Gasteiger partial charge in [-0.2, -0.15) is 4.98 Å². The standard InChI is InChI=1S/C19H20N4O3/c24-16-8-7-15(20-16)18(25)21-14-6-4-11-9-12(3-5-13(11)14)17-22-19(26-23-17)10-1-2-10/h3,5,9-10,14-15H,1-2,4,6-8H2,(H,20,24)(H,21,25)/t14-,15-/m1/s1. The normalized spacial score (nSPS) is 24.4. The van der Waals surface area contributed by atoms with Crippen LogP contribution >= 0.6 is 0 Å². The maximum atomic E-state index is 12.4. The molecule has 5 rings (SSSR count). The molecule has 2 aromatic rings. The van der Waals surface area contributed by atoms with E-state index in [1.807, 2.05) is 12.1 Å². The molecule has 2 aliphatic carbocycles. The van der Waals surface area contributed by atoms with Gasteiger partial charge in [-0.3, -0.25) is 9.59 Å². The topological polar surface area (TPSA) is 97.1 Å². The van der Waals surface area contributed by atoms with Gasteiger partial charge in [0.2, 0.25) is 23.5 Å². The van der Waals surface area contributed by atoms with Crippen molar-refractivity contribution in [3.05, 3.63) is 35.2 Å². The molecule has 0 bridgehead atoms. The first-order valence-corrected chi connectivity index (χ1v) is 9.24. The van der Waals surface area contributed by atoms with E-state index < -0.39 is 6.04 Å². The lowest BCUT2D eigenvalue weighted by molar-refractivity contribution is -0.126. The quantitative estimate of drug-likeness (QED) is 0.877. The number of nitrogens with one attached hydrogen (secondary N) is 2. The van der Waals surface area contributed by atoms with Gasteiger partial charge in [0.15, 0.2) is 0 Å². The van der Waals surface area contributed by atoms with Crippen LogP contribution in [0.4, 0.5) is 0 Å². The molecule has 1 aromatic heterocycles. The van der Waals surface area contributed by atoms with Crippen molar-refractivity contribution in [3.63, 3.8) is 0 Å². The lowest BCUT2D eigenvalue weighted by Crippen LogP contribution is -2.42. The van der Waals surface area contributed by atoms with Gasteiger partial charge in [-0.1, -0.05) is 17.3 Å². The summed E-state index contributed by atoms with van der Waals surface area (Å²) < 4.78 is 5.35. The zero-order valence-electron chi connectivity index (χ0n) is 14.3. The first-order chi connectivity index (χ1) is 12.7. The van der Waals surface area contributed by atoms with E-state index in [0.29, 0.717) is 24.6 Å². The molecule has 1 aromatic carbocycles. The maximum absolute atomic E-state index is 12.4. The molecule has 3 aliphatic rings. The molecule has 7 nitrogen and oxygen atoms in total. The third kappa shape index (κ3) is 2.77. The number of carbonyl (C=O) groups excluding carboxylic acids is 2. The molecule has 26 heavy (non-hydrogen) atoms. The third-order valence-electron chi connectivity index (χ3n) is 5.48. The summed E-state index contributed by atoms with van der Waals surface area (Å²) in [6.45, 7) is 0. The molecule has 7 heteroatoms. The van der Waals surface area contributed by atoms with Gasteiger partial charge in [-0.05, 0) is 49.3 Å². The third-order valence-corrected chi connectivity index (χ3v) is 5.48. The summed E-state index contributed by atoms with van der Waals surface area (Å²) in [5.74, 6) is 1.68. The summed E-state index contributed by atoms with van der Waals surface area (Å²) in [6.07, 6.45) is 5.03. The minimum atomic E-state index is -0.397.